The molecule has 6 rings (SSSR count). The summed E-state index contributed by atoms with van der Waals surface area (Å²) < 4.78 is 15.1. The van der Waals surface area contributed by atoms with Crippen molar-refractivity contribution in [1.82, 2.24) is 19.3 Å². The van der Waals surface area contributed by atoms with Gasteiger partial charge < -0.3 is 23.9 Å². The third-order valence-corrected chi connectivity index (χ3v) is 6.82. The van der Waals surface area contributed by atoms with E-state index >= 15 is 0 Å². The van der Waals surface area contributed by atoms with Gasteiger partial charge in [0.2, 0.25) is 0 Å². The first-order chi connectivity index (χ1) is 18.9. The molecule has 0 bridgehead atoms. The van der Waals surface area contributed by atoms with Crippen LogP contribution in [0.1, 0.15) is 23.9 Å². The Bertz CT molecular complexity index is 1810. The number of ether oxygens (including phenoxy) is 1. The van der Waals surface area contributed by atoms with Gasteiger partial charge in [-0.15, -0.1) is 0 Å². The Morgan fingerprint density at radius 2 is 1.77 bits per heavy atom. The van der Waals surface area contributed by atoms with E-state index in [1.165, 1.54) is 7.11 Å². The molecule has 3 aromatic carbocycles. The van der Waals surface area contributed by atoms with Gasteiger partial charge >= 0.3 is 0 Å². The molecule has 0 saturated carbocycles. The molecule has 0 unspecified atom stereocenters. The van der Waals surface area contributed by atoms with Crippen molar-refractivity contribution in [3.63, 3.8) is 0 Å². The van der Waals surface area contributed by atoms with Crippen LogP contribution in [0.5, 0.6) is 17.2 Å². The normalized spacial score (nSPS) is 11.4. The van der Waals surface area contributed by atoms with Crippen LogP contribution in [0.2, 0.25) is 0 Å². The second-order valence-corrected chi connectivity index (χ2v) is 9.41. The van der Waals surface area contributed by atoms with Gasteiger partial charge in [-0.25, -0.2) is 9.67 Å². The summed E-state index contributed by atoms with van der Waals surface area (Å²) in [7, 11) is 1.52. The van der Waals surface area contributed by atoms with Crippen LogP contribution in [0.3, 0.4) is 0 Å². The second-order valence-electron chi connectivity index (χ2n) is 9.41. The molecule has 0 atom stereocenters. The van der Waals surface area contributed by atoms with Crippen molar-refractivity contribution in [3.05, 3.63) is 95.9 Å². The summed E-state index contributed by atoms with van der Waals surface area (Å²) in [6.45, 7) is 4.42. The van der Waals surface area contributed by atoms with Crippen molar-refractivity contribution in [2.45, 2.75) is 26.8 Å². The number of furan rings is 1. The van der Waals surface area contributed by atoms with Crippen LogP contribution >= 0.6 is 0 Å². The van der Waals surface area contributed by atoms with E-state index in [0.717, 1.165) is 51.6 Å². The fraction of sp³-hybridized carbons (Fsp3) is 0.161. The number of aryl methyl sites for hydroxylation is 2. The Morgan fingerprint density at radius 1 is 0.923 bits per heavy atom. The van der Waals surface area contributed by atoms with Crippen molar-refractivity contribution >= 4 is 11.0 Å². The third kappa shape index (κ3) is 4.40. The molecule has 0 radical (unpaired) electrons. The lowest BCUT2D eigenvalue weighted by atomic mass is 10.1. The maximum absolute atomic E-state index is 10.7. The fourth-order valence-electron chi connectivity index (χ4n) is 4.84. The predicted molar refractivity (Wildman–Crippen MR) is 150 cm³/mol. The quantitative estimate of drug-likeness (QED) is 0.250. The Labute approximate surface area is 225 Å². The second kappa shape index (κ2) is 9.72. The van der Waals surface area contributed by atoms with Crippen molar-refractivity contribution in [1.29, 1.82) is 0 Å². The third-order valence-electron chi connectivity index (χ3n) is 6.82. The molecule has 6 aromatic rings. The topological polar surface area (TPSA) is 98.5 Å². The molecule has 0 aliphatic rings. The Morgan fingerprint density at radius 3 is 2.49 bits per heavy atom. The summed E-state index contributed by atoms with van der Waals surface area (Å²) in [6.07, 6.45) is 0.794. The maximum atomic E-state index is 10.7. The summed E-state index contributed by atoms with van der Waals surface area (Å²) in [6, 6.07) is 24.4. The summed E-state index contributed by atoms with van der Waals surface area (Å²) in [5.74, 6) is 2.82. The van der Waals surface area contributed by atoms with Crippen LogP contribution in [0.4, 0.5) is 0 Å². The summed E-state index contributed by atoms with van der Waals surface area (Å²) in [4.78, 5) is 4.97. The predicted octanol–water partition coefficient (Wildman–Crippen LogP) is 6.49. The van der Waals surface area contributed by atoms with Gasteiger partial charge in [0.1, 0.15) is 23.0 Å². The lowest BCUT2D eigenvalue weighted by molar-refractivity contribution is 0.373. The number of phenols is 2. The number of para-hydroxylation sites is 1. The van der Waals surface area contributed by atoms with Crippen molar-refractivity contribution in [2.75, 3.05) is 7.11 Å². The van der Waals surface area contributed by atoms with Gasteiger partial charge in [-0.2, -0.15) is 5.10 Å². The SMILES string of the molecule is CCc1cc(-c2ccc(C)o2)n(-c2ccc3c(c2)nc(-c2ccccc2O)n3Cc2ccc(OC)c(O)c2)n1. The number of rotatable bonds is 7. The highest BCUT2D eigenvalue weighted by Gasteiger charge is 2.19. The van der Waals surface area contributed by atoms with Gasteiger partial charge in [-0.1, -0.05) is 25.1 Å². The van der Waals surface area contributed by atoms with E-state index in [1.807, 2.05) is 70.8 Å². The standard InChI is InChI=1S/C31H28N4O4/c1-4-21-16-26(29-13-9-19(2)39-29)35(33-21)22-11-12-25-24(17-22)32-31(23-7-5-6-8-27(23)36)34(25)18-20-10-14-30(38-3)28(37)15-20/h5-17,36-37H,4,18H2,1-3H3. The minimum atomic E-state index is 0.0666. The molecular weight excluding hydrogens is 492 g/mol. The van der Waals surface area contributed by atoms with Gasteiger partial charge in [0.15, 0.2) is 17.3 Å². The number of fused-ring (bicyclic) bond motifs is 1. The summed E-state index contributed by atoms with van der Waals surface area (Å²) >= 11 is 0. The number of benzene rings is 3. The number of nitrogens with zero attached hydrogens (tertiary/aromatic N) is 4. The highest BCUT2D eigenvalue weighted by atomic mass is 16.5. The number of aromatic hydroxyl groups is 2. The number of hydrogen-bond acceptors (Lipinski definition) is 6. The van der Waals surface area contributed by atoms with E-state index in [0.29, 0.717) is 23.7 Å². The molecular formula is C31H28N4O4. The maximum Gasteiger partial charge on any atom is 0.160 e. The first-order valence-corrected chi connectivity index (χ1v) is 12.8. The van der Waals surface area contributed by atoms with E-state index in [4.69, 9.17) is 19.2 Å². The van der Waals surface area contributed by atoms with Crippen molar-refractivity contribution < 1.29 is 19.4 Å². The zero-order valence-electron chi connectivity index (χ0n) is 21.9. The van der Waals surface area contributed by atoms with E-state index in [1.54, 1.807) is 24.3 Å². The van der Waals surface area contributed by atoms with Crippen molar-refractivity contribution in [2.24, 2.45) is 0 Å². The summed E-state index contributed by atoms with van der Waals surface area (Å²) in [5.41, 5.74) is 5.79. The molecule has 0 fully saturated rings. The Kier molecular flexibility index (Phi) is 6.07. The molecule has 3 aromatic heterocycles. The molecule has 0 aliphatic heterocycles. The van der Waals surface area contributed by atoms with Gasteiger partial charge in [-0.05, 0) is 79.6 Å². The van der Waals surface area contributed by atoms with Crippen LogP contribution in [-0.4, -0.2) is 36.7 Å². The number of phenolic OH excluding ortho intramolecular Hbond substituents is 2. The van der Waals surface area contributed by atoms with Crippen LogP contribution < -0.4 is 4.74 Å². The molecule has 8 heteroatoms. The first kappa shape index (κ1) is 24.4. The van der Waals surface area contributed by atoms with E-state index in [-0.39, 0.29) is 11.5 Å². The smallest absolute Gasteiger partial charge is 0.160 e. The van der Waals surface area contributed by atoms with Gasteiger partial charge in [0, 0.05) is 6.54 Å². The molecule has 3 heterocycles. The zero-order valence-corrected chi connectivity index (χ0v) is 21.9. The number of hydrogen-bond donors (Lipinski definition) is 2. The molecule has 2 N–H and O–H groups in total. The monoisotopic (exact) mass is 520 g/mol. The lowest BCUT2D eigenvalue weighted by Gasteiger charge is -2.12. The average molecular weight is 521 g/mol. The largest absolute Gasteiger partial charge is 0.507 e. The highest BCUT2D eigenvalue weighted by Crippen LogP contribution is 2.34. The molecule has 8 nitrogen and oxygen atoms in total. The van der Waals surface area contributed by atoms with E-state index in [2.05, 4.69) is 6.92 Å². The van der Waals surface area contributed by atoms with Crippen LogP contribution in [0.15, 0.2) is 83.3 Å². The highest BCUT2D eigenvalue weighted by molar-refractivity contribution is 5.84. The Balaban J connectivity index is 1.51. The minimum absolute atomic E-state index is 0.0666. The molecule has 0 spiro atoms. The zero-order chi connectivity index (χ0) is 27.1. The number of methoxy groups -OCH3 is 1. The van der Waals surface area contributed by atoms with Crippen LogP contribution in [-0.2, 0) is 13.0 Å². The van der Waals surface area contributed by atoms with Crippen molar-refractivity contribution in [3.8, 4) is 45.8 Å². The van der Waals surface area contributed by atoms with Crippen LogP contribution in [0, 0.1) is 6.92 Å². The van der Waals surface area contributed by atoms with E-state index in [9.17, 15) is 10.2 Å². The van der Waals surface area contributed by atoms with Gasteiger partial charge in [0.05, 0.1) is 35.1 Å². The fourth-order valence-corrected chi connectivity index (χ4v) is 4.84. The lowest BCUT2D eigenvalue weighted by Crippen LogP contribution is -2.03. The molecule has 196 valence electrons. The van der Waals surface area contributed by atoms with Crippen LogP contribution in [0.25, 0.3) is 39.6 Å². The van der Waals surface area contributed by atoms with E-state index < -0.39 is 0 Å². The molecule has 0 amide bonds. The average Bonchev–Trinajstić information content (AvgIpc) is 3.66. The first-order valence-electron chi connectivity index (χ1n) is 12.8. The summed E-state index contributed by atoms with van der Waals surface area (Å²) in [5, 5.41) is 25.9. The number of imidazole rings is 1. The van der Waals surface area contributed by atoms with Gasteiger partial charge in [-0.3, -0.25) is 0 Å². The minimum Gasteiger partial charge on any atom is -0.507 e. The molecule has 0 aliphatic carbocycles. The molecule has 39 heavy (non-hydrogen) atoms. The molecule has 0 saturated heterocycles. The number of aromatic nitrogens is 4. The van der Waals surface area contributed by atoms with Gasteiger partial charge in [0.25, 0.3) is 0 Å². The Hall–Kier alpha value is -4.98.